The van der Waals surface area contributed by atoms with E-state index in [0.29, 0.717) is 22.4 Å². The molecule has 0 aliphatic carbocycles. The van der Waals surface area contributed by atoms with Gasteiger partial charge in [0.05, 0.1) is 11.6 Å². The Labute approximate surface area is 107 Å². The summed E-state index contributed by atoms with van der Waals surface area (Å²) in [7, 11) is 0. The Morgan fingerprint density at radius 1 is 1.25 bits per heavy atom. The van der Waals surface area contributed by atoms with Crippen LogP contribution in [0.25, 0.3) is 0 Å². The predicted octanol–water partition coefficient (Wildman–Crippen LogP) is 4.19. The Bertz CT molecular complexity index is 355. The Balaban J connectivity index is 3.00. The quantitative estimate of drug-likeness (QED) is 0.863. The molecule has 0 radical (unpaired) electrons. The van der Waals surface area contributed by atoms with E-state index in [1.807, 2.05) is 6.92 Å². The predicted molar refractivity (Wildman–Crippen MR) is 69.5 cm³/mol. The van der Waals surface area contributed by atoms with Gasteiger partial charge >= 0.3 is 0 Å². The third-order valence-corrected chi connectivity index (χ3v) is 2.97. The molecule has 1 atom stereocenters. The number of hydrogen-bond donors (Lipinski definition) is 1. The normalized spacial score (nSPS) is 12.6. The van der Waals surface area contributed by atoms with Crippen molar-refractivity contribution in [3.63, 3.8) is 0 Å². The Kier molecular flexibility index (Phi) is 5.39. The lowest BCUT2D eigenvalue weighted by Crippen LogP contribution is -2.10. The van der Waals surface area contributed by atoms with Gasteiger partial charge in [0.1, 0.15) is 5.75 Å². The molecule has 0 bridgehead atoms. The molecule has 0 heterocycles. The van der Waals surface area contributed by atoms with Crippen molar-refractivity contribution in [2.24, 2.45) is 5.73 Å². The molecule has 2 nitrogen and oxygen atoms in total. The monoisotopic (exact) mass is 261 g/mol. The molecule has 0 aliphatic rings. The summed E-state index contributed by atoms with van der Waals surface area (Å²) in [6, 6.07) is 3.47. The Morgan fingerprint density at radius 2 is 1.94 bits per heavy atom. The molecule has 2 N–H and O–H groups in total. The lowest BCUT2D eigenvalue weighted by Gasteiger charge is -2.15. The van der Waals surface area contributed by atoms with Crippen LogP contribution in [0.15, 0.2) is 12.1 Å². The first-order chi connectivity index (χ1) is 7.60. The number of rotatable bonds is 5. The SMILES string of the molecule is CCCC(N)c1cc(Cl)c(OCC)cc1Cl. The topological polar surface area (TPSA) is 35.2 Å². The van der Waals surface area contributed by atoms with E-state index < -0.39 is 0 Å². The molecule has 1 rings (SSSR count). The highest BCUT2D eigenvalue weighted by atomic mass is 35.5. The van der Waals surface area contributed by atoms with Gasteiger partial charge in [0.2, 0.25) is 0 Å². The fraction of sp³-hybridized carbons (Fsp3) is 0.500. The van der Waals surface area contributed by atoms with Crippen molar-refractivity contribution in [3.05, 3.63) is 27.7 Å². The average Bonchev–Trinajstić information content (AvgIpc) is 2.23. The van der Waals surface area contributed by atoms with E-state index in [0.717, 1.165) is 18.4 Å². The number of benzene rings is 1. The van der Waals surface area contributed by atoms with Crippen LogP contribution in [0.5, 0.6) is 5.75 Å². The fourth-order valence-electron chi connectivity index (χ4n) is 1.56. The van der Waals surface area contributed by atoms with Crippen LogP contribution in [0.3, 0.4) is 0 Å². The molecule has 1 aromatic rings. The van der Waals surface area contributed by atoms with Crippen LogP contribution in [0.2, 0.25) is 10.0 Å². The molecule has 4 heteroatoms. The summed E-state index contributed by atoms with van der Waals surface area (Å²) in [6.07, 6.45) is 1.91. The van der Waals surface area contributed by atoms with Gasteiger partial charge < -0.3 is 10.5 Å². The van der Waals surface area contributed by atoms with E-state index in [2.05, 4.69) is 6.92 Å². The number of ether oxygens (including phenoxy) is 1. The first kappa shape index (κ1) is 13.6. The lowest BCUT2D eigenvalue weighted by atomic mass is 10.0. The van der Waals surface area contributed by atoms with Gasteiger partial charge in [-0.15, -0.1) is 0 Å². The molecular formula is C12H17Cl2NO. The van der Waals surface area contributed by atoms with Crippen molar-refractivity contribution in [1.82, 2.24) is 0 Å². The van der Waals surface area contributed by atoms with E-state index in [1.165, 1.54) is 0 Å². The van der Waals surface area contributed by atoms with Gasteiger partial charge in [0.15, 0.2) is 0 Å². The molecule has 0 aliphatic heterocycles. The minimum Gasteiger partial charge on any atom is -0.492 e. The largest absolute Gasteiger partial charge is 0.492 e. The standard InChI is InChI=1S/C12H17Cl2NO/c1-3-5-11(15)8-6-10(14)12(16-4-2)7-9(8)13/h6-7,11H,3-5,15H2,1-2H3. The lowest BCUT2D eigenvalue weighted by molar-refractivity contribution is 0.340. The maximum Gasteiger partial charge on any atom is 0.139 e. The molecule has 0 aromatic heterocycles. The molecule has 90 valence electrons. The van der Waals surface area contributed by atoms with Crippen LogP contribution in [-0.4, -0.2) is 6.61 Å². The zero-order valence-electron chi connectivity index (χ0n) is 9.59. The van der Waals surface area contributed by atoms with E-state index in [-0.39, 0.29) is 6.04 Å². The van der Waals surface area contributed by atoms with Gasteiger partial charge in [0.25, 0.3) is 0 Å². The van der Waals surface area contributed by atoms with Crippen LogP contribution in [0.4, 0.5) is 0 Å². The Hall–Kier alpha value is -0.440. The van der Waals surface area contributed by atoms with Crippen LogP contribution in [0.1, 0.15) is 38.3 Å². The van der Waals surface area contributed by atoms with Gasteiger partial charge in [-0.05, 0) is 25.0 Å². The summed E-state index contributed by atoms with van der Waals surface area (Å²) in [5.74, 6) is 0.613. The molecule has 1 aromatic carbocycles. The van der Waals surface area contributed by atoms with Crippen LogP contribution < -0.4 is 10.5 Å². The second-order valence-corrected chi connectivity index (χ2v) is 4.45. The van der Waals surface area contributed by atoms with Crippen LogP contribution in [-0.2, 0) is 0 Å². The molecular weight excluding hydrogens is 245 g/mol. The molecule has 0 amide bonds. The highest BCUT2D eigenvalue weighted by Gasteiger charge is 2.13. The van der Waals surface area contributed by atoms with E-state index in [4.69, 9.17) is 33.7 Å². The molecule has 0 fully saturated rings. The molecule has 1 unspecified atom stereocenters. The third kappa shape index (κ3) is 3.27. The maximum absolute atomic E-state index is 6.15. The average molecular weight is 262 g/mol. The van der Waals surface area contributed by atoms with Gasteiger partial charge in [-0.25, -0.2) is 0 Å². The van der Waals surface area contributed by atoms with Crippen molar-refractivity contribution in [2.45, 2.75) is 32.7 Å². The second kappa shape index (κ2) is 6.33. The summed E-state index contributed by atoms with van der Waals surface area (Å²) in [6.45, 7) is 4.56. The van der Waals surface area contributed by atoms with Crippen molar-refractivity contribution in [2.75, 3.05) is 6.61 Å². The van der Waals surface area contributed by atoms with Crippen LogP contribution in [0, 0.1) is 0 Å². The highest BCUT2D eigenvalue weighted by molar-refractivity contribution is 6.34. The first-order valence-electron chi connectivity index (χ1n) is 5.47. The Morgan fingerprint density at radius 3 is 2.50 bits per heavy atom. The van der Waals surface area contributed by atoms with E-state index in [9.17, 15) is 0 Å². The second-order valence-electron chi connectivity index (χ2n) is 3.63. The van der Waals surface area contributed by atoms with Crippen molar-refractivity contribution in [3.8, 4) is 5.75 Å². The van der Waals surface area contributed by atoms with Gasteiger partial charge in [0, 0.05) is 17.1 Å². The summed E-state index contributed by atoms with van der Waals surface area (Å²) >= 11 is 12.2. The van der Waals surface area contributed by atoms with Gasteiger partial charge in [-0.2, -0.15) is 0 Å². The smallest absolute Gasteiger partial charge is 0.139 e. The fourth-order valence-corrected chi connectivity index (χ4v) is 2.08. The first-order valence-corrected chi connectivity index (χ1v) is 6.23. The number of hydrogen-bond acceptors (Lipinski definition) is 2. The van der Waals surface area contributed by atoms with Gasteiger partial charge in [-0.3, -0.25) is 0 Å². The summed E-state index contributed by atoms with van der Waals surface area (Å²) in [5, 5.41) is 1.18. The number of nitrogens with two attached hydrogens (primary N) is 1. The molecule has 0 saturated heterocycles. The van der Waals surface area contributed by atoms with E-state index >= 15 is 0 Å². The van der Waals surface area contributed by atoms with Crippen molar-refractivity contribution >= 4 is 23.2 Å². The third-order valence-electron chi connectivity index (χ3n) is 2.35. The van der Waals surface area contributed by atoms with Crippen molar-refractivity contribution < 1.29 is 4.74 Å². The summed E-state index contributed by atoms with van der Waals surface area (Å²) < 4.78 is 5.35. The van der Waals surface area contributed by atoms with Crippen LogP contribution >= 0.6 is 23.2 Å². The highest BCUT2D eigenvalue weighted by Crippen LogP contribution is 2.34. The van der Waals surface area contributed by atoms with Gasteiger partial charge in [-0.1, -0.05) is 36.5 Å². The molecule has 16 heavy (non-hydrogen) atoms. The zero-order valence-corrected chi connectivity index (χ0v) is 11.1. The minimum atomic E-state index is -0.0642. The minimum absolute atomic E-state index is 0.0642. The maximum atomic E-state index is 6.15. The van der Waals surface area contributed by atoms with Crippen molar-refractivity contribution in [1.29, 1.82) is 0 Å². The molecule has 0 saturated carbocycles. The molecule has 0 spiro atoms. The zero-order chi connectivity index (χ0) is 12.1. The number of halogens is 2. The van der Waals surface area contributed by atoms with E-state index in [1.54, 1.807) is 12.1 Å². The summed E-state index contributed by atoms with van der Waals surface area (Å²) in [5.41, 5.74) is 6.90. The summed E-state index contributed by atoms with van der Waals surface area (Å²) in [4.78, 5) is 0.